The zero-order chi connectivity index (χ0) is 74.0. The molecular weight excluding hydrogens is 1860 g/mol. The van der Waals surface area contributed by atoms with Gasteiger partial charge in [0.1, 0.15) is 0 Å². The van der Waals surface area contributed by atoms with Crippen molar-refractivity contribution in [1.82, 2.24) is 29.9 Å². The fraction of sp³-hybridized carbons (Fsp3) is 0.174. The van der Waals surface area contributed by atoms with Crippen LogP contribution in [0.25, 0.3) is 116 Å². The number of hydrogen-bond acceptors (Lipinski definition) is 14. The molecule has 0 saturated carbocycles. The maximum Gasteiger partial charge on any atom is 0.205 e. The molecule has 0 aliphatic carbocycles. The van der Waals surface area contributed by atoms with Crippen LogP contribution < -0.4 is 0 Å². The smallest absolute Gasteiger partial charge is 0.205 e. The summed E-state index contributed by atoms with van der Waals surface area (Å²) in [6.07, 6.45) is 5.53. The molecule has 6 atom stereocenters. The van der Waals surface area contributed by atoms with Gasteiger partial charge < -0.3 is 51.0 Å². The minimum atomic E-state index is -0.375. The number of nitrogens with one attached hydrogen (secondary N) is 1. The first kappa shape index (κ1) is 88.0. The Hall–Kier alpha value is -10.4. The van der Waals surface area contributed by atoms with Gasteiger partial charge in [-0.05, 0) is 118 Å². The normalized spacial score (nSPS) is 11.6. The van der Waals surface area contributed by atoms with E-state index in [0.29, 0.717) is 64.5 Å². The van der Waals surface area contributed by atoms with Crippen molar-refractivity contribution in [3.05, 3.63) is 307 Å². The van der Waals surface area contributed by atoms with Crippen molar-refractivity contribution in [3.63, 3.8) is 0 Å². The number of benzene rings is 9. The van der Waals surface area contributed by atoms with Crippen LogP contribution in [0.15, 0.2) is 243 Å². The van der Waals surface area contributed by atoms with Crippen LogP contribution >= 0.6 is 0 Å². The fourth-order valence-electron chi connectivity index (χ4n) is 10.3. The van der Waals surface area contributed by atoms with E-state index in [9.17, 15) is 0 Å². The first-order chi connectivity index (χ1) is 49.8. The van der Waals surface area contributed by atoms with E-state index >= 15 is 0 Å². The average molecular weight is 1940 g/mol. The molecule has 6 unspecified atom stereocenters. The molecule has 0 amide bonds. The molecule has 0 spiro atoms. The van der Waals surface area contributed by atoms with Gasteiger partial charge in [0.15, 0.2) is 11.4 Å². The second kappa shape index (κ2) is 46.4. The SMILES string of the molecule is CC(O)CC(C)O.CC(O)CC(C)O.CC(O)CC(C)O.[C-]#[N+]c1cc(-c2cnc(-c3[c-]cccc3)c(-c3ccccc3)n2)ccc1C#N.[C-]#[N+]c1cc(C=N)cc(-c2cnc(-c3[c-]cccc3)c(-c3ccccc3)n2)c1.[C-]#[N+]c1ccccc1-c1cnc(-c2[c-]cccc2)c(-c2ccccc2)n1.[Ir].[Ir].[Ir]. The van der Waals surface area contributed by atoms with Crippen LogP contribution in [-0.2, 0) is 60.3 Å². The molecule has 9 aromatic carbocycles. The molecule has 7 N–H and O–H groups in total. The van der Waals surface area contributed by atoms with Crippen LogP contribution in [-0.4, -0.2) is 103 Å². The predicted octanol–water partition coefficient (Wildman–Crippen LogP) is 17.8. The van der Waals surface area contributed by atoms with Crippen LogP contribution in [0.2, 0.25) is 0 Å². The number of nitrogens with zero attached hydrogens (tertiary/aromatic N) is 10. The van der Waals surface area contributed by atoms with E-state index in [1.807, 2.05) is 194 Å². The van der Waals surface area contributed by atoms with Crippen LogP contribution in [0, 0.1) is 54.7 Å². The number of para-hydroxylation sites is 1. The summed E-state index contributed by atoms with van der Waals surface area (Å²) >= 11 is 0. The van der Waals surface area contributed by atoms with Crippen LogP contribution in [0.5, 0.6) is 0 Å². The van der Waals surface area contributed by atoms with Crippen molar-refractivity contribution < 1.29 is 91.0 Å². The van der Waals surface area contributed by atoms with E-state index in [1.54, 1.807) is 96.5 Å². The summed E-state index contributed by atoms with van der Waals surface area (Å²) < 4.78 is 0. The predicted molar refractivity (Wildman–Crippen MR) is 407 cm³/mol. The van der Waals surface area contributed by atoms with E-state index in [4.69, 9.17) is 76.0 Å². The second-order valence-corrected chi connectivity index (χ2v) is 23.7. The quantitative estimate of drug-likeness (QED) is 0.0351. The third kappa shape index (κ3) is 27.6. The van der Waals surface area contributed by atoms with Crippen molar-refractivity contribution in [1.29, 1.82) is 10.7 Å². The number of rotatable bonds is 16. The Morgan fingerprint density at radius 3 is 1.09 bits per heavy atom. The zero-order valence-corrected chi connectivity index (χ0v) is 66.1. The fourth-order valence-corrected chi connectivity index (χ4v) is 10.3. The Kier molecular flexibility index (Phi) is 38.5. The molecule has 0 bridgehead atoms. The van der Waals surface area contributed by atoms with Gasteiger partial charge in [-0.15, -0.1) is 108 Å². The summed E-state index contributed by atoms with van der Waals surface area (Å²) in [5, 5.41) is 68.0. The minimum Gasteiger partial charge on any atom is -0.393 e. The molecule has 0 aliphatic heterocycles. The van der Waals surface area contributed by atoms with Gasteiger partial charge in [0, 0.05) is 108 Å². The topological polar surface area (TPSA) is 259 Å². The van der Waals surface area contributed by atoms with Gasteiger partial charge >= 0.3 is 0 Å². The van der Waals surface area contributed by atoms with E-state index in [2.05, 4.69) is 47.7 Å². The third-order valence-corrected chi connectivity index (χ3v) is 14.8. The molecule has 3 aromatic heterocycles. The molecular formula is C86H78Ir3N11O6-3. The summed E-state index contributed by atoms with van der Waals surface area (Å²) in [5.74, 6) is 0. The van der Waals surface area contributed by atoms with Crippen molar-refractivity contribution >= 4 is 23.3 Å². The Labute approximate surface area is 661 Å². The molecule has 3 radical (unpaired) electrons. The molecule has 106 heavy (non-hydrogen) atoms. The molecule has 0 fully saturated rings. The van der Waals surface area contributed by atoms with Crippen LogP contribution in [0.4, 0.5) is 17.1 Å². The number of aliphatic hydroxyl groups is 6. The van der Waals surface area contributed by atoms with E-state index in [1.165, 1.54) is 6.21 Å². The summed E-state index contributed by atoms with van der Waals surface area (Å²) in [4.78, 5) is 39.2. The standard InChI is InChI=1S/C24H15N4.C24H13N4.C23H14N3.3C5H12O2.3Ir/c1-26-21-13-17(15-25)12-20(14-21)22-16-27-23(18-8-4-2-5-9-18)24(28-22)19-10-6-3-7-11-19;1-26-21-14-19(12-13-20(21)15-25)22-16-27-23(17-8-4-2-5-9-17)24(28-22)18-10-6-3-7-11-18;1-24-20-15-9-8-14-19(20)21-16-25-22(17-10-4-2-5-11-17)23(26-21)18-12-6-3-7-13-18;3*1-4(6)3-5(2)7;;;/h2-8,10-16,25H;2-8,10-14,16H;2-10,12-16H;3*4-7H,3H2,1-2H3;;;/q3*-1;;;;;;. The molecule has 17 nitrogen and oxygen atoms in total. The summed E-state index contributed by atoms with van der Waals surface area (Å²) in [6.45, 7) is 32.0. The van der Waals surface area contributed by atoms with E-state index in [0.717, 1.165) is 84.2 Å². The second-order valence-electron chi connectivity index (χ2n) is 23.7. The van der Waals surface area contributed by atoms with Crippen molar-refractivity contribution in [2.24, 2.45) is 0 Å². The van der Waals surface area contributed by atoms with E-state index < -0.39 is 0 Å². The molecule has 20 heteroatoms. The molecule has 12 rings (SSSR count). The summed E-state index contributed by atoms with van der Waals surface area (Å²) in [6, 6.07) is 82.4. The maximum absolute atomic E-state index is 9.14. The van der Waals surface area contributed by atoms with E-state index in [-0.39, 0.29) is 96.9 Å². The monoisotopic (exact) mass is 1940 g/mol. The zero-order valence-electron chi connectivity index (χ0n) is 58.9. The first-order valence-electron chi connectivity index (χ1n) is 33.0. The van der Waals surface area contributed by atoms with Gasteiger partial charge in [-0.2, -0.15) is 5.26 Å². The van der Waals surface area contributed by atoms with Gasteiger partial charge in [-0.3, -0.25) is 15.0 Å². The van der Waals surface area contributed by atoms with Crippen molar-refractivity contribution in [2.75, 3.05) is 0 Å². The van der Waals surface area contributed by atoms with Gasteiger partial charge in [0.25, 0.3) is 0 Å². The molecule has 12 aromatic rings. The number of hydrogen-bond donors (Lipinski definition) is 7. The Morgan fingerprint density at radius 1 is 0.396 bits per heavy atom. The average Bonchev–Trinajstić information content (AvgIpc) is 0.803. The van der Waals surface area contributed by atoms with Gasteiger partial charge in [-0.1, -0.05) is 127 Å². The van der Waals surface area contributed by atoms with Crippen molar-refractivity contribution in [3.8, 4) is 107 Å². The number of aromatic nitrogens is 6. The van der Waals surface area contributed by atoms with Crippen molar-refractivity contribution in [2.45, 2.75) is 97.4 Å². The third-order valence-electron chi connectivity index (χ3n) is 14.8. The first-order valence-corrected chi connectivity index (χ1v) is 33.0. The Morgan fingerprint density at radius 2 is 0.755 bits per heavy atom. The molecule has 0 saturated heterocycles. The van der Waals surface area contributed by atoms with Gasteiger partial charge in [-0.25, -0.2) is 14.5 Å². The van der Waals surface area contributed by atoms with Crippen LogP contribution in [0.1, 0.15) is 71.9 Å². The summed E-state index contributed by atoms with van der Waals surface area (Å²) in [5.41, 5.74) is 16.7. The number of nitriles is 1. The molecule has 0 aliphatic rings. The Balaban J connectivity index is 0.000000292. The van der Waals surface area contributed by atoms with Gasteiger partial charge in [0.2, 0.25) is 5.69 Å². The number of aliphatic hydroxyl groups excluding tert-OH is 6. The molecule has 543 valence electrons. The van der Waals surface area contributed by atoms with Crippen LogP contribution in [0.3, 0.4) is 0 Å². The molecule has 3 heterocycles. The minimum absolute atomic E-state index is 0. The summed E-state index contributed by atoms with van der Waals surface area (Å²) in [7, 11) is 0. The Bertz CT molecular complexity index is 4780. The maximum atomic E-state index is 9.14. The van der Waals surface area contributed by atoms with Gasteiger partial charge in [0.05, 0.1) is 102 Å². The largest absolute Gasteiger partial charge is 0.393 e.